The average Bonchev–Trinajstić information content (AvgIpc) is 2.03. The summed E-state index contributed by atoms with van der Waals surface area (Å²) < 4.78 is 0. The van der Waals surface area contributed by atoms with Crippen molar-refractivity contribution in [3.63, 3.8) is 0 Å². The number of nitrogen functional groups attached to an aromatic ring is 1. The number of pyridine rings is 1. The Hall–Kier alpha value is -0.830. The molecular weight excluding hydrogens is 204 g/mol. The SMILES string of the molecule is Nc1cnccc1C=CCBr. The van der Waals surface area contributed by atoms with Crippen molar-refractivity contribution < 1.29 is 0 Å². The number of nitrogens with zero attached hydrogens (tertiary/aromatic N) is 1. The Morgan fingerprint density at radius 1 is 1.64 bits per heavy atom. The normalized spacial score (nSPS) is 10.6. The van der Waals surface area contributed by atoms with Gasteiger partial charge in [-0.3, -0.25) is 4.98 Å². The molecule has 0 fully saturated rings. The predicted molar refractivity (Wildman–Crippen MR) is 51.5 cm³/mol. The van der Waals surface area contributed by atoms with Crippen molar-refractivity contribution in [2.45, 2.75) is 0 Å². The fourth-order valence-corrected chi connectivity index (χ4v) is 0.928. The van der Waals surface area contributed by atoms with Crippen LogP contribution in [-0.4, -0.2) is 10.3 Å². The summed E-state index contributed by atoms with van der Waals surface area (Å²) in [6, 6.07) is 1.88. The second-order valence-electron chi connectivity index (χ2n) is 2.06. The van der Waals surface area contributed by atoms with E-state index < -0.39 is 0 Å². The molecule has 1 aromatic rings. The molecule has 0 aliphatic carbocycles. The van der Waals surface area contributed by atoms with E-state index in [9.17, 15) is 0 Å². The van der Waals surface area contributed by atoms with Gasteiger partial charge in [0.2, 0.25) is 0 Å². The lowest BCUT2D eigenvalue weighted by molar-refractivity contribution is 1.32. The molecule has 11 heavy (non-hydrogen) atoms. The van der Waals surface area contributed by atoms with Crippen LogP contribution in [0.1, 0.15) is 5.56 Å². The molecule has 2 N–H and O–H groups in total. The molecule has 0 aromatic carbocycles. The van der Waals surface area contributed by atoms with Crippen molar-refractivity contribution in [2.24, 2.45) is 0 Å². The lowest BCUT2D eigenvalue weighted by Gasteiger charge is -1.96. The van der Waals surface area contributed by atoms with Crippen molar-refractivity contribution in [3.8, 4) is 0 Å². The van der Waals surface area contributed by atoms with Gasteiger partial charge in [-0.25, -0.2) is 0 Å². The summed E-state index contributed by atoms with van der Waals surface area (Å²) in [5, 5.41) is 0.842. The maximum Gasteiger partial charge on any atom is 0.0574 e. The van der Waals surface area contributed by atoms with E-state index in [0.29, 0.717) is 5.69 Å². The lowest BCUT2D eigenvalue weighted by Crippen LogP contribution is -1.89. The number of hydrogen-bond acceptors (Lipinski definition) is 2. The van der Waals surface area contributed by atoms with E-state index in [1.807, 2.05) is 18.2 Å². The predicted octanol–water partition coefficient (Wildman–Crippen LogP) is 2.07. The highest BCUT2D eigenvalue weighted by Gasteiger charge is 1.90. The third-order valence-corrected chi connectivity index (χ3v) is 1.65. The minimum Gasteiger partial charge on any atom is -0.397 e. The van der Waals surface area contributed by atoms with Gasteiger partial charge in [-0.2, -0.15) is 0 Å². The van der Waals surface area contributed by atoms with E-state index in [4.69, 9.17) is 5.73 Å². The van der Waals surface area contributed by atoms with Gasteiger partial charge in [0.1, 0.15) is 0 Å². The van der Waals surface area contributed by atoms with Crippen LogP contribution >= 0.6 is 15.9 Å². The van der Waals surface area contributed by atoms with Gasteiger partial charge < -0.3 is 5.73 Å². The lowest BCUT2D eigenvalue weighted by atomic mass is 10.2. The number of hydrogen-bond donors (Lipinski definition) is 1. The van der Waals surface area contributed by atoms with Crippen molar-refractivity contribution in [3.05, 3.63) is 30.1 Å². The number of anilines is 1. The van der Waals surface area contributed by atoms with E-state index in [0.717, 1.165) is 10.9 Å². The Bertz CT molecular complexity index is 258. The first-order chi connectivity index (χ1) is 5.34. The van der Waals surface area contributed by atoms with Crippen LogP contribution < -0.4 is 5.73 Å². The molecule has 0 spiro atoms. The molecule has 3 heteroatoms. The number of alkyl halides is 1. The van der Waals surface area contributed by atoms with Crippen LogP contribution in [0.25, 0.3) is 6.08 Å². The number of allylic oxidation sites excluding steroid dienone is 1. The minimum absolute atomic E-state index is 0.713. The van der Waals surface area contributed by atoms with Gasteiger partial charge >= 0.3 is 0 Å². The van der Waals surface area contributed by atoms with Crippen molar-refractivity contribution in [1.29, 1.82) is 0 Å². The monoisotopic (exact) mass is 212 g/mol. The van der Waals surface area contributed by atoms with Crippen LogP contribution in [0.2, 0.25) is 0 Å². The molecule has 1 rings (SSSR count). The van der Waals surface area contributed by atoms with E-state index in [-0.39, 0.29) is 0 Å². The largest absolute Gasteiger partial charge is 0.397 e. The Kier molecular flexibility index (Phi) is 3.11. The summed E-state index contributed by atoms with van der Waals surface area (Å²) in [6.07, 6.45) is 7.33. The first-order valence-corrected chi connectivity index (χ1v) is 4.38. The maximum absolute atomic E-state index is 5.63. The highest BCUT2D eigenvalue weighted by molar-refractivity contribution is 9.09. The van der Waals surface area contributed by atoms with Gasteiger partial charge in [-0.1, -0.05) is 28.1 Å². The van der Waals surface area contributed by atoms with Crippen LogP contribution in [0.15, 0.2) is 24.5 Å². The Morgan fingerprint density at radius 2 is 2.45 bits per heavy atom. The molecule has 1 aromatic heterocycles. The zero-order valence-electron chi connectivity index (χ0n) is 6.00. The van der Waals surface area contributed by atoms with Crippen LogP contribution in [0.5, 0.6) is 0 Å². The van der Waals surface area contributed by atoms with Gasteiger partial charge in [0.05, 0.1) is 11.9 Å². The Morgan fingerprint density at radius 3 is 3.09 bits per heavy atom. The Balaban J connectivity index is 2.86. The fourth-order valence-electron chi connectivity index (χ4n) is 0.741. The first-order valence-electron chi connectivity index (χ1n) is 3.26. The smallest absolute Gasteiger partial charge is 0.0574 e. The molecule has 2 nitrogen and oxygen atoms in total. The molecule has 1 heterocycles. The second-order valence-corrected chi connectivity index (χ2v) is 2.71. The van der Waals surface area contributed by atoms with Crippen LogP contribution in [0.4, 0.5) is 5.69 Å². The van der Waals surface area contributed by atoms with E-state index in [2.05, 4.69) is 20.9 Å². The number of aromatic nitrogens is 1. The topological polar surface area (TPSA) is 38.9 Å². The molecule has 0 radical (unpaired) electrons. The third-order valence-electron chi connectivity index (χ3n) is 1.27. The fraction of sp³-hybridized carbons (Fsp3) is 0.125. The van der Waals surface area contributed by atoms with Crippen molar-refractivity contribution in [2.75, 3.05) is 11.1 Å². The number of nitrogens with two attached hydrogens (primary N) is 1. The van der Waals surface area contributed by atoms with Crippen molar-refractivity contribution >= 4 is 27.7 Å². The molecular formula is C8H9BrN2. The minimum atomic E-state index is 0.713. The average molecular weight is 213 g/mol. The quantitative estimate of drug-likeness (QED) is 0.763. The summed E-state index contributed by atoms with van der Waals surface area (Å²) in [7, 11) is 0. The molecule has 0 unspecified atom stereocenters. The molecule has 0 aliphatic heterocycles. The first kappa shape index (κ1) is 8.27. The molecule has 58 valence electrons. The zero-order chi connectivity index (χ0) is 8.10. The maximum atomic E-state index is 5.63. The summed E-state index contributed by atoms with van der Waals surface area (Å²) in [5.41, 5.74) is 7.36. The Labute approximate surface area is 74.3 Å². The van der Waals surface area contributed by atoms with Gasteiger partial charge in [0, 0.05) is 17.1 Å². The zero-order valence-corrected chi connectivity index (χ0v) is 7.58. The van der Waals surface area contributed by atoms with Gasteiger partial charge in [0.15, 0.2) is 0 Å². The van der Waals surface area contributed by atoms with Gasteiger partial charge in [-0.05, 0) is 6.07 Å². The second kappa shape index (κ2) is 4.13. The summed E-state index contributed by atoms with van der Waals surface area (Å²) >= 11 is 3.29. The molecule has 0 amide bonds. The summed E-state index contributed by atoms with van der Waals surface area (Å²) in [5.74, 6) is 0. The number of rotatable bonds is 2. The van der Waals surface area contributed by atoms with Crippen LogP contribution in [-0.2, 0) is 0 Å². The van der Waals surface area contributed by atoms with E-state index in [1.54, 1.807) is 12.4 Å². The van der Waals surface area contributed by atoms with Crippen molar-refractivity contribution in [1.82, 2.24) is 4.98 Å². The van der Waals surface area contributed by atoms with E-state index in [1.165, 1.54) is 0 Å². The highest BCUT2D eigenvalue weighted by atomic mass is 79.9. The van der Waals surface area contributed by atoms with Gasteiger partial charge in [-0.15, -0.1) is 0 Å². The summed E-state index contributed by atoms with van der Waals surface area (Å²) in [6.45, 7) is 0. The van der Waals surface area contributed by atoms with E-state index >= 15 is 0 Å². The molecule has 0 saturated heterocycles. The molecule has 0 atom stereocenters. The highest BCUT2D eigenvalue weighted by Crippen LogP contribution is 2.10. The third kappa shape index (κ3) is 2.35. The van der Waals surface area contributed by atoms with Gasteiger partial charge in [0.25, 0.3) is 0 Å². The van der Waals surface area contributed by atoms with Crippen LogP contribution in [0, 0.1) is 0 Å². The molecule has 0 aliphatic rings. The number of halogens is 1. The summed E-state index contributed by atoms with van der Waals surface area (Å²) in [4.78, 5) is 3.88. The molecule has 0 saturated carbocycles. The molecule has 0 bridgehead atoms. The standard InChI is InChI=1S/C8H9BrN2/c9-4-1-2-7-3-5-11-6-8(7)10/h1-3,5-6H,4,10H2. The van der Waals surface area contributed by atoms with Crippen LogP contribution in [0.3, 0.4) is 0 Å².